The minimum absolute atomic E-state index is 0.0329. The quantitative estimate of drug-likeness (QED) is 0.252. The summed E-state index contributed by atoms with van der Waals surface area (Å²) in [6, 6.07) is 11.6. The number of carboxylic acid groups (broad SMARTS) is 1. The molecule has 35 heavy (non-hydrogen) atoms. The molecule has 0 bridgehead atoms. The molecule has 7 N–H and O–H groups in total. The van der Waals surface area contributed by atoms with Gasteiger partial charge in [-0.1, -0.05) is 56.3 Å². The number of hydrogen-bond donors (Lipinski definition) is 6. The third-order valence-electron chi connectivity index (χ3n) is 5.36. The molecule has 0 spiro atoms. The second-order valence-corrected chi connectivity index (χ2v) is 8.51. The van der Waals surface area contributed by atoms with E-state index in [4.69, 9.17) is 5.73 Å². The second kappa shape index (κ2) is 13.1. The number of rotatable bonds is 12. The molecule has 2 rings (SSSR count). The third kappa shape index (κ3) is 8.74. The van der Waals surface area contributed by atoms with Gasteiger partial charge in [0.05, 0.1) is 6.54 Å². The fourth-order valence-electron chi connectivity index (χ4n) is 3.43. The first-order chi connectivity index (χ1) is 16.6. The van der Waals surface area contributed by atoms with E-state index >= 15 is 0 Å². The standard InChI is InChI=1S/C25H32N4O6/c1-15(2)22(29-21(31)14-26)24(33)27-19(12-17-8-10-18(30)11-9-17)23(32)28-20(25(34)35)13-16-6-4-3-5-7-16/h3-11,15,19-20,22,30H,12-14,26H2,1-2H3,(H,27,33)(H,28,32)(H,29,31)(H,34,35). The number of nitrogens with one attached hydrogen (secondary N) is 3. The van der Waals surface area contributed by atoms with E-state index in [9.17, 15) is 29.4 Å². The fraction of sp³-hybridized carbons (Fsp3) is 0.360. The van der Waals surface area contributed by atoms with E-state index in [1.165, 1.54) is 12.1 Å². The van der Waals surface area contributed by atoms with E-state index in [0.717, 1.165) is 5.56 Å². The summed E-state index contributed by atoms with van der Waals surface area (Å²) in [7, 11) is 0. The highest BCUT2D eigenvalue weighted by molar-refractivity contribution is 5.94. The van der Waals surface area contributed by atoms with Crippen molar-refractivity contribution in [3.8, 4) is 5.75 Å². The summed E-state index contributed by atoms with van der Waals surface area (Å²) in [6.45, 7) is 3.17. The van der Waals surface area contributed by atoms with Crippen molar-refractivity contribution in [1.29, 1.82) is 0 Å². The van der Waals surface area contributed by atoms with Gasteiger partial charge in [-0.3, -0.25) is 14.4 Å². The monoisotopic (exact) mass is 484 g/mol. The van der Waals surface area contributed by atoms with E-state index in [1.54, 1.807) is 56.3 Å². The number of phenols is 1. The van der Waals surface area contributed by atoms with Crippen LogP contribution in [-0.4, -0.2) is 58.6 Å². The number of amides is 3. The highest BCUT2D eigenvalue weighted by atomic mass is 16.4. The van der Waals surface area contributed by atoms with Crippen molar-refractivity contribution in [3.05, 3.63) is 65.7 Å². The van der Waals surface area contributed by atoms with Gasteiger partial charge in [-0.25, -0.2) is 4.79 Å². The number of carboxylic acids is 1. The number of aliphatic carboxylic acids is 1. The van der Waals surface area contributed by atoms with Crippen LogP contribution in [0.2, 0.25) is 0 Å². The number of carbonyl (C=O) groups excluding carboxylic acids is 3. The van der Waals surface area contributed by atoms with Gasteiger partial charge in [0.15, 0.2) is 0 Å². The molecule has 3 atom stereocenters. The Hall–Kier alpha value is -3.92. The molecule has 3 unspecified atom stereocenters. The molecule has 2 aromatic carbocycles. The molecule has 0 aliphatic rings. The highest BCUT2D eigenvalue weighted by Crippen LogP contribution is 2.13. The van der Waals surface area contributed by atoms with Gasteiger partial charge in [0.25, 0.3) is 0 Å². The lowest BCUT2D eigenvalue weighted by Gasteiger charge is -2.26. The Labute approximate surface area is 203 Å². The molecule has 10 nitrogen and oxygen atoms in total. The smallest absolute Gasteiger partial charge is 0.326 e. The van der Waals surface area contributed by atoms with Crippen molar-refractivity contribution in [2.45, 2.75) is 44.8 Å². The topological polar surface area (TPSA) is 171 Å². The summed E-state index contributed by atoms with van der Waals surface area (Å²) in [6.07, 6.45) is 0.0914. The molecule has 0 aromatic heterocycles. The van der Waals surface area contributed by atoms with Crippen molar-refractivity contribution >= 4 is 23.7 Å². The lowest BCUT2D eigenvalue weighted by molar-refractivity contribution is -0.142. The zero-order valence-electron chi connectivity index (χ0n) is 19.7. The largest absolute Gasteiger partial charge is 0.508 e. The summed E-state index contributed by atoms with van der Waals surface area (Å²) in [5.41, 5.74) is 6.70. The summed E-state index contributed by atoms with van der Waals surface area (Å²) in [4.78, 5) is 49.8. The predicted octanol–water partition coefficient (Wildman–Crippen LogP) is 0.331. The average molecular weight is 485 g/mol. The van der Waals surface area contributed by atoms with Crippen LogP contribution >= 0.6 is 0 Å². The summed E-state index contributed by atoms with van der Waals surface area (Å²) in [5.74, 6) is -3.29. The van der Waals surface area contributed by atoms with Gasteiger partial charge in [-0.05, 0) is 29.2 Å². The third-order valence-corrected chi connectivity index (χ3v) is 5.36. The average Bonchev–Trinajstić information content (AvgIpc) is 2.83. The number of carbonyl (C=O) groups is 4. The molecule has 3 amide bonds. The SMILES string of the molecule is CC(C)C(NC(=O)CN)C(=O)NC(Cc1ccc(O)cc1)C(=O)NC(Cc1ccccc1)C(=O)O. The molecule has 10 heteroatoms. The highest BCUT2D eigenvalue weighted by Gasteiger charge is 2.31. The maximum atomic E-state index is 13.2. The first-order valence-electron chi connectivity index (χ1n) is 11.3. The second-order valence-electron chi connectivity index (χ2n) is 8.51. The van der Waals surface area contributed by atoms with Crippen LogP contribution in [0.15, 0.2) is 54.6 Å². The summed E-state index contributed by atoms with van der Waals surface area (Å²) in [5, 5.41) is 26.9. The molecule has 0 saturated carbocycles. The Morgan fingerprint density at radius 2 is 1.34 bits per heavy atom. The minimum atomic E-state index is -1.22. The predicted molar refractivity (Wildman–Crippen MR) is 129 cm³/mol. The fourth-order valence-corrected chi connectivity index (χ4v) is 3.43. The van der Waals surface area contributed by atoms with Crippen LogP contribution in [0, 0.1) is 5.92 Å². The molecule has 188 valence electrons. The van der Waals surface area contributed by atoms with Crippen molar-refractivity contribution in [3.63, 3.8) is 0 Å². The van der Waals surface area contributed by atoms with Gasteiger partial charge in [0, 0.05) is 12.8 Å². The molecule has 0 heterocycles. The Morgan fingerprint density at radius 3 is 1.89 bits per heavy atom. The van der Waals surface area contributed by atoms with E-state index in [2.05, 4.69) is 16.0 Å². The van der Waals surface area contributed by atoms with Crippen LogP contribution in [-0.2, 0) is 32.0 Å². The first-order valence-corrected chi connectivity index (χ1v) is 11.3. The number of aromatic hydroxyl groups is 1. The van der Waals surface area contributed by atoms with E-state index in [-0.39, 0.29) is 31.1 Å². The number of phenolic OH excluding ortho intramolecular Hbond substituents is 1. The van der Waals surface area contributed by atoms with Gasteiger partial charge in [-0.2, -0.15) is 0 Å². The zero-order chi connectivity index (χ0) is 26.0. The molecular weight excluding hydrogens is 452 g/mol. The zero-order valence-corrected chi connectivity index (χ0v) is 19.7. The number of benzene rings is 2. The van der Waals surface area contributed by atoms with Crippen LogP contribution in [0.4, 0.5) is 0 Å². The molecule has 0 aliphatic heterocycles. The maximum Gasteiger partial charge on any atom is 0.326 e. The van der Waals surface area contributed by atoms with Gasteiger partial charge in [0.1, 0.15) is 23.9 Å². The number of hydrogen-bond acceptors (Lipinski definition) is 6. The van der Waals surface area contributed by atoms with Crippen LogP contribution in [0.1, 0.15) is 25.0 Å². The van der Waals surface area contributed by atoms with Crippen LogP contribution in [0.5, 0.6) is 5.75 Å². The van der Waals surface area contributed by atoms with Gasteiger partial charge >= 0.3 is 5.97 Å². The maximum absolute atomic E-state index is 13.2. The molecule has 2 aromatic rings. The summed E-state index contributed by atoms with van der Waals surface area (Å²) < 4.78 is 0. The normalized spacial score (nSPS) is 13.4. The van der Waals surface area contributed by atoms with Crippen molar-refractivity contribution in [2.75, 3.05) is 6.54 Å². The van der Waals surface area contributed by atoms with Crippen molar-refractivity contribution in [2.24, 2.45) is 11.7 Å². The van der Waals surface area contributed by atoms with Crippen molar-refractivity contribution < 1.29 is 29.4 Å². The van der Waals surface area contributed by atoms with Crippen LogP contribution in [0.25, 0.3) is 0 Å². The van der Waals surface area contributed by atoms with Crippen molar-refractivity contribution in [1.82, 2.24) is 16.0 Å². The van der Waals surface area contributed by atoms with Crippen LogP contribution in [0.3, 0.4) is 0 Å². The number of nitrogens with two attached hydrogens (primary N) is 1. The van der Waals surface area contributed by atoms with Gasteiger partial charge < -0.3 is 31.9 Å². The lowest BCUT2D eigenvalue weighted by atomic mass is 10.00. The van der Waals surface area contributed by atoms with E-state index in [0.29, 0.717) is 5.56 Å². The van der Waals surface area contributed by atoms with E-state index < -0.39 is 41.8 Å². The Morgan fingerprint density at radius 1 is 0.800 bits per heavy atom. The molecule has 0 fully saturated rings. The summed E-state index contributed by atoms with van der Waals surface area (Å²) >= 11 is 0. The van der Waals surface area contributed by atoms with Gasteiger partial charge in [-0.15, -0.1) is 0 Å². The Bertz CT molecular complexity index is 1010. The van der Waals surface area contributed by atoms with Crippen LogP contribution < -0.4 is 21.7 Å². The Balaban J connectivity index is 2.24. The molecular formula is C25H32N4O6. The van der Waals surface area contributed by atoms with Gasteiger partial charge in [0.2, 0.25) is 17.7 Å². The van der Waals surface area contributed by atoms with E-state index in [1.807, 2.05) is 0 Å². The minimum Gasteiger partial charge on any atom is -0.508 e. The lowest BCUT2D eigenvalue weighted by Crippen LogP contribution is -2.58. The molecule has 0 saturated heterocycles. The first kappa shape index (κ1) is 27.3. The Kier molecular flexibility index (Phi) is 10.2. The molecule has 0 radical (unpaired) electrons. The molecule has 0 aliphatic carbocycles.